The third-order valence-electron chi connectivity index (χ3n) is 4.39. The van der Waals surface area contributed by atoms with E-state index in [0.29, 0.717) is 44.4 Å². The number of carbonyl (C=O) groups is 1. The molecule has 0 radical (unpaired) electrons. The molecule has 0 aliphatic carbocycles. The van der Waals surface area contributed by atoms with Crippen LogP contribution in [-0.2, 0) is 16.4 Å². The van der Waals surface area contributed by atoms with Crippen molar-refractivity contribution in [2.24, 2.45) is 0 Å². The zero-order valence-electron chi connectivity index (χ0n) is 15.1. The molecular weight excluding hydrogens is 404 g/mol. The minimum absolute atomic E-state index is 0.0337. The standard InChI is InChI=1S/C17H18N4O5S2/c1-28(23,24)15-5-4-12(25-15)17(22)21-8-6-20(7-9-21)11-14-18-16(19-26-14)13-3-2-10-27-13/h2-5,10H,6-9,11H2,1H3. The Morgan fingerprint density at radius 3 is 2.64 bits per heavy atom. The van der Waals surface area contributed by atoms with E-state index in [9.17, 15) is 13.2 Å². The summed E-state index contributed by atoms with van der Waals surface area (Å²) < 4.78 is 33.5. The van der Waals surface area contributed by atoms with E-state index in [-0.39, 0.29) is 16.8 Å². The zero-order valence-corrected chi connectivity index (χ0v) is 16.7. The molecule has 0 unspecified atom stereocenters. The van der Waals surface area contributed by atoms with Crippen molar-refractivity contribution in [2.45, 2.75) is 11.6 Å². The number of nitrogens with zero attached hydrogens (tertiary/aromatic N) is 4. The molecule has 0 spiro atoms. The molecular formula is C17H18N4O5S2. The van der Waals surface area contributed by atoms with Crippen molar-refractivity contribution >= 4 is 27.1 Å². The van der Waals surface area contributed by atoms with E-state index in [1.165, 1.54) is 12.1 Å². The number of aromatic nitrogens is 2. The highest BCUT2D eigenvalue weighted by Crippen LogP contribution is 2.22. The van der Waals surface area contributed by atoms with E-state index < -0.39 is 9.84 Å². The molecule has 0 atom stereocenters. The molecule has 0 N–H and O–H groups in total. The number of rotatable bonds is 5. The van der Waals surface area contributed by atoms with Crippen LogP contribution in [0.15, 0.2) is 43.7 Å². The summed E-state index contributed by atoms with van der Waals surface area (Å²) in [7, 11) is -3.47. The maximum atomic E-state index is 12.5. The van der Waals surface area contributed by atoms with Gasteiger partial charge in [-0.2, -0.15) is 4.98 Å². The first kappa shape index (κ1) is 18.8. The molecule has 1 saturated heterocycles. The van der Waals surface area contributed by atoms with Gasteiger partial charge < -0.3 is 13.8 Å². The summed E-state index contributed by atoms with van der Waals surface area (Å²) >= 11 is 1.55. The van der Waals surface area contributed by atoms with Crippen LogP contribution in [-0.4, -0.2) is 66.7 Å². The molecule has 1 amide bonds. The van der Waals surface area contributed by atoms with Crippen molar-refractivity contribution in [1.82, 2.24) is 19.9 Å². The van der Waals surface area contributed by atoms with Gasteiger partial charge in [0.1, 0.15) is 0 Å². The Balaban J connectivity index is 1.33. The molecule has 148 valence electrons. The smallest absolute Gasteiger partial charge is 0.289 e. The molecule has 0 bridgehead atoms. The van der Waals surface area contributed by atoms with Crippen molar-refractivity contribution in [2.75, 3.05) is 32.4 Å². The minimum Gasteiger partial charge on any atom is -0.440 e. The minimum atomic E-state index is -3.47. The number of thiophene rings is 1. The van der Waals surface area contributed by atoms with E-state index in [2.05, 4.69) is 15.0 Å². The van der Waals surface area contributed by atoms with Gasteiger partial charge in [0.25, 0.3) is 5.91 Å². The van der Waals surface area contributed by atoms with Gasteiger partial charge in [0.2, 0.25) is 26.6 Å². The SMILES string of the molecule is CS(=O)(=O)c1ccc(C(=O)N2CCN(Cc3nc(-c4cccs4)no3)CC2)o1. The number of hydrogen-bond donors (Lipinski definition) is 0. The van der Waals surface area contributed by atoms with Crippen molar-refractivity contribution in [1.29, 1.82) is 0 Å². The second-order valence-corrected chi connectivity index (χ2v) is 9.34. The maximum Gasteiger partial charge on any atom is 0.289 e. The lowest BCUT2D eigenvalue weighted by molar-refractivity contribution is 0.0580. The number of carbonyl (C=O) groups excluding carboxylic acids is 1. The van der Waals surface area contributed by atoms with E-state index in [4.69, 9.17) is 8.94 Å². The third-order valence-corrected chi connectivity index (χ3v) is 6.20. The van der Waals surface area contributed by atoms with Crippen molar-refractivity contribution in [3.8, 4) is 10.7 Å². The predicted molar refractivity (Wildman–Crippen MR) is 101 cm³/mol. The molecule has 1 aliphatic rings. The number of piperazine rings is 1. The van der Waals surface area contributed by atoms with Gasteiger partial charge in [-0.25, -0.2) is 8.42 Å². The highest BCUT2D eigenvalue weighted by Gasteiger charge is 2.26. The first-order chi connectivity index (χ1) is 13.4. The quantitative estimate of drug-likeness (QED) is 0.612. The second-order valence-electron chi connectivity index (χ2n) is 6.45. The number of amides is 1. The van der Waals surface area contributed by atoms with Crippen molar-refractivity contribution in [3.63, 3.8) is 0 Å². The highest BCUT2D eigenvalue weighted by molar-refractivity contribution is 7.90. The largest absolute Gasteiger partial charge is 0.440 e. The summed E-state index contributed by atoms with van der Waals surface area (Å²) in [6.45, 7) is 2.79. The van der Waals surface area contributed by atoms with Crippen LogP contribution >= 0.6 is 11.3 Å². The Labute approximate surface area is 165 Å². The van der Waals surface area contributed by atoms with Gasteiger partial charge >= 0.3 is 0 Å². The summed E-state index contributed by atoms with van der Waals surface area (Å²) in [5.41, 5.74) is 0. The molecule has 1 fully saturated rings. The average molecular weight is 422 g/mol. The van der Waals surface area contributed by atoms with Crippen LogP contribution in [0.2, 0.25) is 0 Å². The molecule has 0 saturated carbocycles. The number of sulfone groups is 1. The predicted octanol–water partition coefficient (Wildman–Crippen LogP) is 1.75. The Kier molecular flexibility index (Phi) is 5.04. The normalized spacial score (nSPS) is 15.8. The Hall–Kier alpha value is -2.50. The molecule has 28 heavy (non-hydrogen) atoms. The molecule has 11 heteroatoms. The maximum absolute atomic E-state index is 12.5. The summed E-state index contributed by atoms with van der Waals surface area (Å²) in [5.74, 6) is 0.837. The molecule has 1 aliphatic heterocycles. The van der Waals surface area contributed by atoms with Gasteiger partial charge in [-0.05, 0) is 23.6 Å². The summed E-state index contributed by atoms with van der Waals surface area (Å²) in [6.07, 6.45) is 1.04. The van der Waals surface area contributed by atoms with Gasteiger partial charge in [-0.1, -0.05) is 11.2 Å². The van der Waals surface area contributed by atoms with Gasteiger partial charge in [0.15, 0.2) is 5.76 Å². The molecule has 4 rings (SSSR count). The zero-order chi connectivity index (χ0) is 19.7. The van der Waals surface area contributed by atoms with Crippen LogP contribution < -0.4 is 0 Å². The third kappa shape index (κ3) is 4.01. The molecule has 4 heterocycles. The number of furan rings is 1. The Bertz CT molecular complexity index is 1060. The summed E-state index contributed by atoms with van der Waals surface area (Å²) in [6, 6.07) is 6.58. The first-order valence-electron chi connectivity index (χ1n) is 8.58. The molecule has 3 aromatic heterocycles. The highest BCUT2D eigenvalue weighted by atomic mass is 32.2. The van der Waals surface area contributed by atoms with Crippen LogP contribution in [0, 0.1) is 0 Å². The summed E-state index contributed by atoms with van der Waals surface area (Å²) in [4.78, 5) is 21.7. The lowest BCUT2D eigenvalue weighted by atomic mass is 10.3. The molecule has 9 nitrogen and oxygen atoms in total. The van der Waals surface area contributed by atoms with E-state index in [0.717, 1.165) is 11.1 Å². The van der Waals surface area contributed by atoms with Gasteiger partial charge in [0.05, 0.1) is 11.4 Å². The van der Waals surface area contributed by atoms with E-state index in [1.54, 1.807) is 16.2 Å². The van der Waals surface area contributed by atoms with E-state index >= 15 is 0 Å². The topological polar surface area (TPSA) is 110 Å². The fourth-order valence-corrected chi connectivity index (χ4v) is 4.12. The lowest BCUT2D eigenvalue weighted by Crippen LogP contribution is -2.48. The number of hydrogen-bond acceptors (Lipinski definition) is 9. The van der Waals surface area contributed by atoms with Crippen molar-refractivity contribution in [3.05, 3.63) is 41.3 Å². The Morgan fingerprint density at radius 2 is 2.00 bits per heavy atom. The summed E-state index contributed by atoms with van der Waals surface area (Å²) in [5, 5.41) is 5.76. The van der Waals surface area contributed by atoms with Crippen LogP contribution in [0.1, 0.15) is 16.4 Å². The van der Waals surface area contributed by atoms with E-state index in [1.807, 2.05) is 17.5 Å². The van der Waals surface area contributed by atoms with Gasteiger partial charge in [0, 0.05) is 32.4 Å². The average Bonchev–Trinajstić information content (AvgIpc) is 3.41. The monoisotopic (exact) mass is 422 g/mol. The van der Waals surface area contributed by atoms with Crippen LogP contribution in [0.4, 0.5) is 0 Å². The van der Waals surface area contributed by atoms with Gasteiger partial charge in [-0.3, -0.25) is 9.69 Å². The molecule has 3 aromatic rings. The lowest BCUT2D eigenvalue weighted by Gasteiger charge is -2.33. The van der Waals surface area contributed by atoms with Crippen LogP contribution in [0.3, 0.4) is 0 Å². The fourth-order valence-electron chi connectivity index (χ4n) is 2.92. The van der Waals surface area contributed by atoms with Crippen LogP contribution in [0.25, 0.3) is 10.7 Å². The van der Waals surface area contributed by atoms with Gasteiger partial charge in [-0.15, -0.1) is 11.3 Å². The van der Waals surface area contributed by atoms with Crippen LogP contribution in [0.5, 0.6) is 0 Å². The first-order valence-corrected chi connectivity index (χ1v) is 11.4. The fraction of sp³-hybridized carbons (Fsp3) is 0.353. The second kappa shape index (κ2) is 7.49. The van der Waals surface area contributed by atoms with Crippen molar-refractivity contribution < 1.29 is 22.2 Å². The molecule has 0 aromatic carbocycles. The Morgan fingerprint density at radius 1 is 1.21 bits per heavy atom.